The van der Waals surface area contributed by atoms with Gasteiger partial charge in [-0.3, -0.25) is 4.90 Å². The highest BCUT2D eigenvalue weighted by molar-refractivity contribution is 4.89. The molecule has 1 saturated heterocycles. The van der Waals surface area contributed by atoms with Crippen molar-refractivity contribution in [3.05, 3.63) is 11.7 Å². The van der Waals surface area contributed by atoms with Crippen LogP contribution in [0.4, 0.5) is 0 Å². The van der Waals surface area contributed by atoms with Gasteiger partial charge < -0.3 is 9.84 Å². The van der Waals surface area contributed by atoms with Gasteiger partial charge in [0.15, 0.2) is 5.82 Å². The zero-order chi connectivity index (χ0) is 10.7. The van der Waals surface area contributed by atoms with Crippen LogP contribution < -0.4 is 5.32 Å². The summed E-state index contributed by atoms with van der Waals surface area (Å²) < 4.78 is 5.07. The fourth-order valence-electron chi connectivity index (χ4n) is 1.91. The normalized spacial score (nSPS) is 22.4. The van der Waals surface area contributed by atoms with Crippen molar-refractivity contribution in [1.82, 2.24) is 20.4 Å². The number of hydrogen-bond acceptors (Lipinski definition) is 5. The first-order valence-corrected chi connectivity index (χ1v) is 5.53. The Labute approximate surface area is 89.8 Å². The van der Waals surface area contributed by atoms with E-state index in [9.17, 15) is 0 Å². The molecule has 5 heteroatoms. The van der Waals surface area contributed by atoms with Gasteiger partial charge in [-0.2, -0.15) is 4.98 Å². The molecule has 1 aromatic heterocycles. The average Bonchev–Trinajstić information content (AvgIpc) is 2.87. The molecule has 5 nitrogen and oxygen atoms in total. The van der Waals surface area contributed by atoms with Gasteiger partial charge in [0.2, 0.25) is 5.89 Å². The Balaban J connectivity index is 1.87. The summed E-state index contributed by atoms with van der Waals surface area (Å²) in [5.41, 5.74) is 0. The highest BCUT2D eigenvalue weighted by Crippen LogP contribution is 2.11. The van der Waals surface area contributed by atoms with Crippen LogP contribution in [0.15, 0.2) is 4.52 Å². The van der Waals surface area contributed by atoms with E-state index in [0.717, 1.165) is 37.8 Å². The Morgan fingerprint density at radius 1 is 1.60 bits per heavy atom. The summed E-state index contributed by atoms with van der Waals surface area (Å²) in [4.78, 5) is 6.66. The van der Waals surface area contributed by atoms with E-state index in [0.29, 0.717) is 6.04 Å². The summed E-state index contributed by atoms with van der Waals surface area (Å²) in [5, 5.41) is 7.24. The lowest BCUT2D eigenvalue weighted by Gasteiger charge is -2.12. The number of rotatable bonds is 4. The average molecular weight is 210 g/mol. The maximum absolute atomic E-state index is 5.07. The van der Waals surface area contributed by atoms with Crippen LogP contribution in [0.3, 0.4) is 0 Å². The first-order valence-electron chi connectivity index (χ1n) is 5.53. The van der Waals surface area contributed by atoms with Crippen LogP contribution in [0.25, 0.3) is 0 Å². The predicted molar refractivity (Wildman–Crippen MR) is 56.4 cm³/mol. The van der Waals surface area contributed by atoms with Crippen molar-refractivity contribution in [2.45, 2.75) is 32.4 Å². The molecule has 0 bridgehead atoms. The van der Waals surface area contributed by atoms with Crippen LogP contribution in [-0.2, 0) is 13.0 Å². The molecule has 1 aliphatic heterocycles. The lowest BCUT2D eigenvalue weighted by atomic mass is 10.3. The molecule has 1 unspecified atom stereocenters. The third-order valence-electron chi connectivity index (χ3n) is 2.86. The zero-order valence-electron chi connectivity index (χ0n) is 9.36. The number of aromatic nitrogens is 2. The molecule has 1 N–H and O–H groups in total. The molecule has 2 heterocycles. The molecule has 0 radical (unpaired) electrons. The Morgan fingerprint density at radius 3 is 3.07 bits per heavy atom. The monoisotopic (exact) mass is 210 g/mol. The molecule has 1 aliphatic rings. The van der Waals surface area contributed by atoms with Crippen molar-refractivity contribution in [3.63, 3.8) is 0 Å². The van der Waals surface area contributed by atoms with Crippen molar-refractivity contribution in [3.8, 4) is 0 Å². The van der Waals surface area contributed by atoms with E-state index >= 15 is 0 Å². The molecule has 0 saturated carbocycles. The van der Waals surface area contributed by atoms with Gasteiger partial charge in [-0.25, -0.2) is 0 Å². The summed E-state index contributed by atoms with van der Waals surface area (Å²) in [6.45, 7) is 5.01. The van der Waals surface area contributed by atoms with Gasteiger partial charge in [0.05, 0.1) is 6.54 Å². The minimum Gasteiger partial charge on any atom is -0.339 e. The van der Waals surface area contributed by atoms with Crippen molar-refractivity contribution < 1.29 is 4.52 Å². The van der Waals surface area contributed by atoms with E-state index in [2.05, 4.69) is 20.4 Å². The number of likely N-dealkylation sites (tertiary alicyclic amines) is 1. The van der Waals surface area contributed by atoms with E-state index in [-0.39, 0.29) is 0 Å². The quantitative estimate of drug-likeness (QED) is 0.781. The molecule has 1 atom stereocenters. The molecule has 84 valence electrons. The first kappa shape index (κ1) is 10.6. The standard InChI is InChI=1S/C10H18N4O/c1-3-10-12-9(13-15-10)7-14-5-4-8(6-14)11-2/h8,11H,3-7H2,1-2H3. The lowest BCUT2D eigenvalue weighted by molar-refractivity contribution is 0.303. The topological polar surface area (TPSA) is 54.2 Å². The number of likely N-dealkylation sites (N-methyl/N-ethyl adjacent to an activating group) is 1. The van der Waals surface area contributed by atoms with Crippen molar-refractivity contribution in [2.24, 2.45) is 0 Å². The van der Waals surface area contributed by atoms with Gasteiger partial charge in [-0.1, -0.05) is 12.1 Å². The molecule has 0 amide bonds. The maximum Gasteiger partial charge on any atom is 0.226 e. The van der Waals surface area contributed by atoms with Crippen molar-refractivity contribution in [2.75, 3.05) is 20.1 Å². The highest BCUT2D eigenvalue weighted by Gasteiger charge is 2.22. The van der Waals surface area contributed by atoms with Gasteiger partial charge >= 0.3 is 0 Å². The van der Waals surface area contributed by atoms with Crippen LogP contribution in [0, 0.1) is 0 Å². The van der Waals surface area contributed by atoms with Crippen LogP contribution in [0.2, 0.25) is 0 Å². The van der Waals surface area contributed by atoms with Gasteiger partial charge in [-0.05, 0) is 13.5 Å². The number of nitrogens with one attached hydrogen (secondary N) is 1. The van der Waals surface area contributed by atoms with Gasteiger partial charge in [0.25, 0.3) is 0 Å². The number of hydrogen-bond donors (Lipinski definition) is 1. The van der Waals surface area contributed by atoms with Gasteiger partial charge in [0.1, 0.15) is 0 Å². The Bertz CT molecular complexity index is 312. The first-order chi connectivity index (χ1) is 7.31. The van der Waals surface area contributed by atoms with Gasteiger partial charge in [0, 0.05) is 25.6 Å². The summed E-state index contributed by atoms with van der Waals surface area (Å²) in [6.07, 6.45) is 2.02. The molecule has 1 fully saturated rings. The fourth-order valence-corrected chi connectivity index (χ4v) is 1.91. The summed E-state index contributed by atoms with van der Waals surface area (Å²) >= 11 is 0. The summed E-state index contributed by atoms with van der Waals surface area (Å²) in [6, 6.07) is 0.613. The molecule has 15 heavy (non-hydrogen) atoms. The third-order valence-corrected chi connectivity index (χ3v) is 2.86. The molecule has 2 rings (SSSR count). The van der Waals surface area contributed by atoms with Crippen LogP contribution in [0.1, 0.15) is 25.1 Å². The van der Waals surface area contributed by atoms with E-state index in [1.165, 1.54) is 6.42 Å². The van der Waals surface area contributed by atoms with Crippen molar-refractivity contribution >= 4 is 0 Å². The Hall–Kier alpha value is -0.940. The van der Waals surface area contributed by atoms with Crippen molar-refractivity contribution in [1.29, 1.82) is 0 Å². The molecule has 0 spiro atoms. The molecule has 0 aliphatic carbocycles. The number of nitrogens with zero attached hydrogens (tertiary/aromatic N) is 3. The zero-order valence-corrected chi connectivity index (χ0v) is 9.36. The highest BCUT2D eigenvalue weighted by atomic mass is 16.5. The van der Waals surface area contributed by atoms with E-state index in [1.807, 2.05) is 14.0 Å². The lowest BCUT2D eigenvalue weighted by Crippen LogP contribution is -2.29. The van der Waals surface area contributed by atoms with E-state index < -0.39 is 0 Å². The van der Waals surface area contributed by atoms with E-state index in [4.69, 9.17) is 4.52 Å². The molecular weight excluding hydrogens is 192 g/mol. The Kier molecular flexibility index (Phi) is 3.33. The second-order valence-corrected chi connectivity index (χ2v) is 3.97. The molecule has 0 aromatic carbocycles. The molecular formula is C10H18N4O. The van der Waals surface area contributed by atoms with Crippen LogP contribution >= 0.6 is 0 Å². The van der Waals surface area contributed by atoms with Crippen LogP contribution in [0.5, 0.6) is 0 Å². The number of aryl methyl sites for hydroxylation is 1. The smallest absolute Gasteiger partial charge is 0.226 e. The van der Waals surface area contributed by atoms with Crippen LogP contribution in [-0.4, -0.2) is 41.2 Å². The maximum atomic E-state index is 5.07. The minimum absolute atomic E-state index is 0.613. The van der Waals surface area contributed by atoms with E-state index in [1.54, 1.807) is 0 Å². The largest absolute Gasteiger partial charge is 0.339 e. The van der Waals surface area contributed by atoms with Gasteiger partial charge in [-0.15, -0.1) is 0 Å². The SMILES string of the molecule is CCc1nc(CN2CCC(NC)C2)no1. The summed E-state index contributed by atoms with van der Waals surface area (Å²) in [7, 11) is 2.01. The predicted octanol–water partition coefficient (Wildman–Crippen LogP) is 0.426. The third kappa shape index (κ3) is 2.54. The molecule has 1 aromatic rings. The second-order valence-electron chi connectivity index (χ2n) is 3.97. The summed E-state index contributed by atoms with van der Waals surface area (Å²) in [5.74, 6) is 1.54. The fraction of sp³-hybridized carbons (Fsp3) is 0.800. The second kappa shape index (κ2) is 4.72. The minimum atomic E-state index is 0.613. The Morgan fingerprint density at radius 2 is 2.47 bits per heavy atom.